The molecule has 0 aliphatic carbocycles. The molecular weight excluding hydrogens is 311 g/mol. The van der Waals surface area contributed by atoms with Crippen LogP contribution in [-0.4, -0.2) is 51.7 Å². The Morgan fingerprint density at radius 1 is 1.32 bits per heavy atom. The summed E-state index contributed by atoms with van der Waals surface area (Å²) in [4.78, 5) is 11.7. The molecule has 1 N–H and O–H groups in total. The van der Waals surface area contributed by atoms with Crippen LogP contribution in [0.5, 0.6) is 0 Å². The van der Waals surface area contributed by atoms with E-state index in [9.17, 15) is 17.6 Å². The highest BCUT2D eigenvalue weighted by Crippen LogP contribution is 2.06. The first-order valence-electron chi connectivity index (χ1n) is 6.78. The molecule has 0 fully saturated rings. The van der Waals surface area contributed by atoms with Crippen LogP contribution in [0.2, 0.25) is 0 Å². The average Bonchev–Trinajstić information content (AvgIpc) is 2.45. The lowest BCUT2D eigenvalue weighted by Gasteiger charge is -2.19. The lowest BCUT2D eigenvalue weighted by Crippen LogP contribution is -2.36. The Balaban J connectivity index is 2.45. The number of hydrogen-bond acceptors (Lipinski definition) is 4. The van der Waals surface area contributed by atoms with E-state index in [0.29, 0.717) is 5.56 Å². The van der Waals surface area contributed by atoms with Gasteiger partial charge in [0, 0.05) is 38.7 Å². The van der Waals surface area contributed by atoms with E-state index in [1.807, 2.05) is 0 Å². The molecule has 0 heterocycles. The number of rotatable bonds is 9. The number of ether oxygens (including phenoxy) is 1. The van der Waals surface area contributed by atoms with Crippen molar-refractivity contribution in [3.63, 3.8) is 0 Å². The van der Waals surface area contributed by atoms with Crippen molar-refractivity contribution in [1.29, 1.82) is 0 Å². The maximum absolute atomic E-state index is 13.4. The van der Waals surface area contributed by atoms with E-state index in [2.05, 4.69) is 5.32 Å². The van der Waals surface area contributed by atoms with Gasteiger partial charge < -0.3 is 10.1 Å². The maximum Gasteiger partial charge on any atom is 0.221 e. The summed E-state index contributed by atoms with van der Waals surface area (Å²) >= 11 is 0. The molecule has 0 bridgehead atoms. The monoisotopic (exact) mass is 332 g/mol. The molecule has 8 heteroatoms. The van der Waals surface area contributed by atoms with Crippen LogP contribution in [0.1, 0.15) is 12.0 Å². The molecule has 0 unspecified atom stereocenters. The standard InChI is InChI=1S/C14H21FN2O4S/c1-21-10-9-17(22(2,19)20)8-7-14(18)16-11-12-5-3-4-6-13(12)15/h3-6H,7-11H2,1-2H3,(H,16,18). The van der Waals surface area contributed by atoms with Gasteiger partial charge in [0.25, 0.3) is 0 Å². The largest absolute Gasteiger partial charge is 0.383 e. The second kappa shape index (κ2) is 8.82. The Labute approximate surface area is 130 Å². The highest BCUT2D eigenvalue weighted by atomic mass is 32.2. The maximum atomic E-state index is 13.4. The van der Waals surface area contributed by atoms with Crippen molar-refractivity contribution in [3.05, 3.63) is 35.6 Å². The van der Waals surface area contributed by atoms with Gasteiger partial charge in [-0.15, -0.1) is 0 Å². The molecule has 1 aromatic rings. The minimum absolute atomic E-state index is 0.00520. The normalized spacial score (nSPS) is 11.6. The minimum Gasteiger partial charge on any atom is -0.383 e. The first kappa shape index (κ1) is 18.5. The molecule has 1 rings (SSSR count). The molecule has 0 aliphatic rings. The predicted octanol–water partition coefficient (Wildman–Crippen LogP) is 0.740. The van der Waals surface area contributed by atoms with Crippen LogP contribution in [0.3, 0.4) is 0 Å². The van der Waals surface area contributed by atoms with Crippen molar-refractivity contribution in [2.75, 3.05) is 33.1 Å². The SMILES string of the molecule is COCCN(CCC(=O)NCc1ccccc1F)S(C)(=O)=O. The van der Waals surface area contributed by atoms with Crippen molar-refractivity contribution in [2.24, 2.45) is 0 Å². The summed E-state index contributed by atoms with van der Waals surface area (Å²) in [6, 6.07) is 6.15. The molecule has 0 spiro atoms. The Kier molecular flexibility index (Phi) is 7.43. The van der Waals surface area contributed by atoms with Crippen LogP contribution in [0.25, 0.3) is 0 Å². The fourth-order valence-corrected chi connectivity index (χ4v) is 2.62. The lowest BCUT2D eigenvalue weighted by atomic mass is 10.2. The van der Waals surface area contributed by atoms with Gasteiger partial charge >= 0.3 is 0 Å². The number of amides is 1. The van der Waals surface area contributed by atoms with E-state index >= 15 is 0 Å². The van der Waals surface area contributed by atoms with Crippen molar-refractivity contribution in [2.45, 2.75) is 13.0 Å². The van der Waals surface area contributed by atoms with Crippen molar-refractivity contribution < 1.29 is 22.3 Å². The fourth-order valence-electron chi connectivity index (χ4n) is 1.79. The summed E-state index contributed by atoms with van der Waals surface area (Å²) in [7, 11) is -1.92. The Bertz CT molecular complexity index is 592. The zero-order valence-corrected chi connectivity index (χ0v) is 13.5. The summed E-state index contributed by atoms with van der Waals surface area (Å²) in [5, 5.41) is 2.57. The van der Waals surface area contributed by atoms with E-state index in [1.54, 1.807) is 18.2 Å². The Morgan fingerprint density at radius 2 is 2.00 bits per heavy atom. The van der Waals surface area contributed by atoms with Crippen molar-refractivity contribution >= 4 is 15.9 Å². The number of sulfonamides is 1. The molecule has 1 aromatic carbocycles. The molecule has 6 nitrogen and oxygen atoms in total. The Hall–Kier alpha value is -1.51. The van der Waals surface area contributed by atoms with Crippen LogP contribution in [0, 0.1) is 5.82 Å². The second-order valence-electron chi connectivity index (χ2n) is 4.77. The molecule has 1 amide bonds. The highest BCUT2D eigenvalue weighted by molar-refractivity contribution is 7.88. The van der Waals surface area contributed by atoms with Gasteiger partial charge in [0.15, 0.2) is 0 Å². The topological polar surface area (TPSA) is 75.7 Å². The first-order chi connectivity index (χ1) is 10.3. The van der Waals surface area contributed by atoms with Gasteiger partial charge in [-0.1, -0.05) is 18.2 Å². The van der Waals surface area contributed by atoms with Crippen LogP contribution < -0.4 is 5.32 Å². The number of nitrogens with zero attached hydrogens (tertiary/aromatic N) is 1. The van der Waals surface area contributed by atoms with E-state index in [4.69, 9.17) is 4.74 Å². The summed E-state index contributed by atoms with van der Waals surface area (Å²) in [6.45, 7) is 0.577. The number of benzene rings is 1. The number of nitrogens with one attached hydrogen (secondary N) is 1. The van der Waals surface area contributed by atoms with Gasteiger partial charge in [0.05, 0.1) is 12.9 Å². The third-order valence-electron chi connectivity index (χ3n) is 3.04. The number of halogens is 1. The van der Waals surface area contributed by atoms with Crippen LogP contribution in [-0.2, 0) is 26.1 Å². The molecule has 0 saturated carbocycles. The van der Waals surface area contributed by atoms with E-state index in [-0.39, 0.29) is 44.4 Å². The second-order valence-corrected chi connectivity index (χ2v) is 6.76. The summed E-state index contributed by atoms with van der Waals surface area (Å²) in [5.74, 6) is -0.727. The number of carbonyl (C=O) groups excluding carboxylic acids is 1. The lowest BCUT2D eigenvalue weighted by molar-refractivity contribution is -0.121. The zero-order valence-electron chi connectivity index (χ0n) is 12.7. The van der Waals surface area contributed by atoms with Gasteiger partial charge in [-0.05, 0) is 6.07 Å². The molecule has 0 aromatic heterocycles. The molecular formula is C14H21FN2O4S. The minimum atomic E-state index is -3.39. The summed E-state index contributed by atoms with van der Waals surface area (Å²) < 4.78 is 42.5. The molecule has 22 heavy (non-hydrogen) atoms. The van der Waals surface area contributed by atoms with Crippen molar-refractivity contribution in [1.82, 2.24) is 9.62 Å². The van der Waals surface area contributed by atoms with E-state index in [1.165, 1.54) is 17.5 Å². The molecule has 0 aliphatic heterocycles. The van der Waals surface area contributed by atoms with Crippen LogP contribution in [0.15, 0.2) is 24.3 Å². The third kappa shape index (κ3) is 6.50. The quantitative estimate of drug-likeness (QED) is 0.724. The van der Waals surface area contributed by atoms with Crippen molar-refractivity contribution in [3.8, 4) is 0 Å². The summed E-state index contributed by atoms with van der Waals surface area (Å²) in [5.41, 5.74) is 0.384. The Morgan fingerprint density at radius 3 is 2.59 bits per heavy atom. The average molecular weight is 332 g/mol. The zero-order chi connectivity index (χ0) is 16.6. The van der Waals surface area contributed by atoms with Crippen LogP contribution in [0.4, 0.5) is 4.39 Å². The van der Waals surface area contributed by atoms with Gasteiger partial charge in [0.1, 0.15) is 5.82 Å². The fraction of sp³-hybridized carbons (Fsp3) is 0.500. The van der Waals surface area contributed by atoms with E-state index < -0.39 is 10.0 Å². The number of methoxy groups -OCH3 is 1. The molecule has 0 radical (unpaired) electrons. The van der Waals surface area contributed by atoms with Gasteiger partial charge in [0.2, 0.25) is 15.9 Å². The van der Waals surface area contributed by atoms with Crippen LogP contribution >= 0.6 is 0 Å². The third-order valence-corrected chi connectivity index (χ3v) is 4.34. The molecule has 124 valence electrons. The molecule has 0 atom stereocenters. The highest BCUT2D eigenvalue weighted by Gasteiger charge is 2.17. The summed E-state index contributed by atoms with van der Waals surface area (Å²) in [6.07, 6.45) is 1.09. The van der Waals surface area contributed by atoms with Gasteiger partial charge in [-0.2, -0.15) is 4.31 Å². The number of hydrogen-bond donors (Lipinski definition) is 1. The first-order valence-corrected chi connectivity index (χ1v) is 8.63. The van der Waals surface area contributed by atoms with E-state index in [0.717, 1.165) is 6.26 Å². The number of carbonyl (C=O) groups is 1. The predicted molar refractivity (Wildman–Crippen MR) is 81.2 cm³/mol. The van der Waals surface area contributed by atoms with Gasteiger partial charge in [-0.3, -0.25) is 4.79 Å². The molecule has 0 saturated heterocycles. The van der Waals surface area contributed by atoms with Gasteiger partial charge in [-0.25, -0.2) is 12.8 Å². The smallest absolute Gasteiger partial charge is 0.221 e.